The van der Waals surface area contributed by atoms with Crippen LogP contribution in [0.3, 0.4) is 0 Å². The van der Waals surface area contributed by atoms with Gasteiger partial charge in [0.05, 0.1) is 19.2 Å². The van der Waals surface area contributed by atoms with Gasteiger partial charge in [-0.25, -0.2) is 0 Å². The number of carbonyl (C=O) groups is 4. The number of nitrogens with zero attached hydrogens (tertiary/aromatic N) is 3. The number of methoxy groups -OCH3 is 1. The van der Waals surface area contributed by atoms with Gasteiger partial charge in [-0.3, -0.25) is 29.0 Å². The lowest BCUT2D eigenvalue weighted by molar-refractivity contribution is -0.127. The van der Waals surface area contributed by atoms with Crippen molar-refractivity contribution in [2.45, 2.75) is 114 Å². The van der Waals surface area contributed by atoms with Gasteiger partial charge in [0.25, 0.3) is 0 Å². The number of carbonyl (C=O) groups excluding carboxylic acids is 4. The van der Waals surface area contributed by atoms with E-state index in [4.69, 9.17) is 9.47 Å². The summed E-state index contributed by atoms with van der Waals surface area (Å²) in [7, 11) is 10.2. The third-order valence-electron chi connectivity index (χ3n) is 13.7. The van der Waals surface area contributed by atoms with Crippen LogP contribution in [0.15, 0.2) is 96.4 Å². The number of benzene rings is 3. The van der Waals surface area contributed by atoms with Crippen LogP contribution in [0.2, 0.25) is 0 Å². The van der Waals surface area contributed by atoms with E-state index in [-0.39, 0.29) is 72.5 Å². The number of nitrogens with one attached hydrogen (secondary N) is 4. The second-order valence-corrected chi connectivity index (χ2v) is 19.5. The molecule has 4 amide bonds. The molecule has 0 atom stereocenters. The number of rotatable bonds is 22. The van der Waals surface area contributed by atoms with Crippen LogP contribution in [-0.2, 0) is 30.3 Å². The summed E-state index contributed by atoms with van der Waals surface area (Å²) in [6.07, 6.45) is 8.63. The van der Waals surface area contributed by atoms with Crippen LogP contribution in [-0.4, -0.2) is 114 Å². The van der Waals surface area contributed by atoms with E-state index in [1.54, 1.807) is 7.11 Å². The van der Waals surface area contributed by atoms with Crippen molar-refractivity contribution in [3.8, 4) is 11.5 Å². The summed E-state index contributed by atoms with van der Waals surface area (Å²) in [6, 6.07) is 31.0. The zero-order valence-corrected chi connectivity index (χ0v) is 42.4. The molecule has 6 rings (SSSR count). The Kier molecular flexibility index (Phi) is 21.2. The first kappa shape index (κ1) is 53.5. The van der Waals surface area contributed by atoms with Crippen molar-refractivity contribution in [2.24, 2.45) is 0 Å². The van der Waals surface area contributed by atoms with E-state index < -0.39 is 0 Å². The lowest BCUT2D eigenvalue weighted by Crippen LogP contribution is -2.48. The first-order valence-corrected chi connectivity index (χ1v) is 25.3. The fraction of sp³-hybridized carbons (Fsp3) is 0.519. The van der Waals surface area contributed by atoms with Gasteiger partial charge in [-0.15, -0.1) is 11.3 Å². The highest BCUT2D eigenvalue weighted by atomic mass is 32.1. The van der Waals surface area contributed by atoms with Gasteiger partial charge < -0.3 is 35.6 Å². The number of hydrogen-bond donors (Lipinski definition) is 4. The molecule has 370 valence electrons. The average molecular weight is 952 g/mol. The standard InChI is InChI=1S/C27H40N4O2S.C27H37N3O4/c1-5-31(23-9-6-8-21(2)20-23)18-17-28-25(32)11-12-26(33)29-22-13-15-27(16-14-22,30(3)4)24-10-7-19-34-24;1-30(2)27(21-7-5-4-6-8-21)17-15-22(16-18-27)29-26(32)14-13-25(31)28-19-20-34-24-11-9-23(33-3)10-12-24/h6-10,19-20,22H,5,11-18H2,1-4H3,(H,28,32)(H,29,33);4-12,22H,13-20H2,1-3H3,(H,28,31)(H,29,32). The molecule has 0 aliphatic heterocycles. The minimum atomic E-state index is -0.146. The van der Waals surface area contributed by atoms with Gasteiger partial charge in [-0.1, -0.05) is 48.5 Å². The molecule has 2 fully saturated rings. The molecular formula is C54H77N7O6S. The molecule has 0 radical (unpaired) electrons. The van der Waals surface area contributed by atoms with E-state index in [0.29, 0.717) is 25.4 Å². The Bertz CT molecular complexity index is 2130. The molecule has 0 saturated heterocycles. The van der Waals surface area contributed by atoms with E-state index in [1.165, 1.54) is 21.7 Å². The summed E-state index contributed by atoms with van der Waals surface area (Å²) in [5, 5.41) is 14.2. The average Bonchev–Trinajstić information content (AvgIpc) is 3.90. The first-order chi connectivity index (χ1) is 32.8. The van der Waals surface area contributed by atoms with Crippen molar-refractivity contribution >= 4 is 40.7 Å². The third-order valence-corrected chi connectivity index (χ3v) is 14.8. The summed E-state index contributed by atoms with van der Waals surface area (Å²) in [4.78, 5) is 57.5. The molecule has 3 aromatic carbocycles. The summed E-state index contributed by atoms with van der Waals surface area (Å²) in [5.74, 6) is 1.18. The van der Waals surface area contributed by atoms with E-state index in [1.807, 2.05) is 41.7 Å². The number of amides is 4. The lowest BCUT2D eigenvalue weighted by Gasteiger charge is -2.45. The summed E-state index contributed by atoms with van der Waals surface area (Å²) in [5.41, 5.74) is 3.80. The minimum Gasteiger partial charge on any atom is -0.497 e. The zero-order valence-electron chi connectivity index (χ0n) is 41.6. The van der Waals surface area contributed by atoms with Crippen molar-refractivity contribution in [1.82, 2.24) is 31.1 Å². The Morgan fingerprint density at radius 2 is 1.19 bits per heavy atom. The Labute approximate surface area is 409 Å². The van der Waals surface area contributed by atoms with Crippen LogP contribution in [0.1, 0.15) is 100.0 Å². The van der Waals surface area contributed by atoms with Crippen LogP contribution >= 0.6 is 11.3 Å². The number of thiophene rings is 1. The molecular weight excluding hydrogens is 875 g/mol. The fourth-order valence-corrected chi connectivity index (χ4v) is 10.6. The second-order valence-electron chi connectivity index (χ2n) is 18.5. The minimum absolute atomic E-state index is 0.0102. The van der Waals surface area contributed by atoms with Crippen molar-refractivity contribution in [3.05, 3.63) is 112 Å². The summed E-state index contributed by atoms with van der Waals surface area (Å²) in [6.45, 7) is 7.15. The van der Waals surface area contributed by atoms with Crippen LogP contribution in [0.5, 0.6) is 11.5 Å². The van der Waals surface area contributed by atoms with Gasteiger partial charge in [-0.05, 0) is 152 Å². The largest absolute Gasteiger partial charge is 0.497 e. The first-order valence-electron chi connectivity index (χ1n) is 24.4. The van der Waals surface area contributed by atoms with E-state index in [0.717, 1.165) is 70.2 Å². The number of hydrogen-bond acceptors (Lipinski definition) is 10. The van der Waals surface area contributed by atoms with Crippen molar-refractivity contribution in [3.63, 3.8) is 0 Å². The maximum atomic E-state index is 12.5. The normalized spacial score (nSPS) is 20.1. The highest BCUT2D eigenvalue weighted by molar-refractivity contribution is 7.10. The van der Waals surface area contributed by atoms with Gasteiger partial charge >= 0.3 is 0 Å². The summed E-state index contributed by atoms with van der Waals surface area (Å²) >= 11 is 1.82. The van der Waals surface area contributed by atoms with Gasteiger partial charge in [0.1, 0.15) is 18.1 Å². The van der Waals surface area contributed by atoms with Gasteiger partial charge in [0, 0.05) is 73.5 Å². The topological polar surface area (TPSA) is 145 Å². The molecule has 2 aliphatic carbocycles. The van der Waals surface area contributed by atoms with Crippen LogP contribution in [0.25, 0.3) is 0 Å². The highest BCUT2D eigenvalue weighted by Crippen LogP contribution is 2.43. The van der Waals surface area contributed by atoms with Crippen molar-refractivity contribution in [1.29, 1.82) is 0 Å². The predicted octanol–water partition coefficient (Wildman–Crippen LogP) is 7.78. The zero-order chi connectivity index (χ0) is 48.9. The molecule has 0 unspecified atom stereocenters. The van der Waals surface area contributed by atoms with Crippen LogP contribution in [0.4, 0.5) is 5.69 Å². The molecule has 1 heterocycles. The second kappa shape index (κ2) is 26.9. The molecule has 1 aromatic heterocycles. The molecule has 2 aliphatic rings. The van der Waals surface area contributed by atoms with E-state index in [2.05, 4.69) is 144 Å². The predicted molar refractivity (Wildman–Crippen MR) is 274 cm³/mol. The molecule has 13 nitrogen and oxygen atoms in total. The summed E-state index contributed by atoms with van der Waals surface area (Å²) < 4.78 is 10.7. The van der Waals surface area contributed by atoms with Gasteiger partial charge in [0.2, 0.25) is 23.6 Å². The molecule has 4 aromatic rings. The number of likely N-dealkylation sites (N-methyl/N-ethyl adjacent to an activating group) is 1. The number of aryl methyl sites for hydroxylation is 1. The van der Waals surface area contributed by atoms with Crippen LogP contribution < -0.4 is 35.6 Å². The van der Waals surface area contributed by atoms with E-state index >= 15 is 0 Å². The lowest BCUT2D eigenvalue weighted by atomic mass is 9.74. The molecule has 68 heavy (non-hydrogen) atoms. The van der Waals surface area contributed by atoms with Crippen molar-refractivity contribution < 1.29 is 28.7 Å². The Morgan fingerprint density at radius 1 is 0.647 bits per heavy atom. The Hall–Kier alpha value is -5.44. The SMILES string of the molecule is CCN(CCNC(=O)CCC(=O)NC1CCC(c2cccs2)(N(C)C)CC1)c1cccc(C)c1.COc1ccc(OCCNC(=O)CCC(=O)NC2CCC(c3ccccc3)(N(C)C)CC2)cc1. The smallest absolute Gasteiger partial charge is 0.220 e. The number of anilines is 1. The van der Waals surface area contributed by atoms with Gasteiger partial charge in [-0.2, -0.15) is 0 Å². The maximum absolute atomic E-state index is 12.5. The maximum Gasteiger partial charge on any atom is 0.220 e. The molecule has 14 heteroatoms. The van der Waals surface area contributed by atoms with Crippen molar-refractivity contribution in [2.75, 3.05) is 73.0 Å². The van der Waals surface area contributed by atoms with E-state index in [9.17, 15) is 19.2 Å². The third kappa shape index (κ3) is 15.8. The molecule has 0 spiro atoms. The quantitative estimate of drug-likeness (QED) is 0.0581. The molecule has 2 saturated carbocycles. The Balaban J connectivity index is 0.000000254. The number of ether oxygens (including phenoxy) is 2. The Morgan fingerprint density at radius 3 is 1.71 bits per heavy atom. The highest BCUT2D eigenvalue weighted by Gasteiger charge is 2.40. The molecule has 4 N–H and O–H groups in total. The molecule has 0 bridgehead atoms. The fourth-order valence-electron chi connectivity index (χ4n) is 9.57. The van der Waals surface area contributed by atoms with Gasteiger partial charge in [0.15, 0.2) is 0 Å². The van der Waals surface area contributed by atoms with Crippen LogP contribution in [0, 0.1) is 6.92 Å². The monoisotopic (exact) mass is 952 g/mol.